The fourth-order valence-electron chi connectivity index (χ4n) is 1.29. The van der Waals surface area contributed by atoms with Crippen LogP contribution in [0.5, 0.6) is 0 Å². The van der Waals surface area contributed by atoms with Gasteiger partial charge in [0.25, 0.3) is 0 Å². The van der Waals surface area contributed by atoms with Gasteiger partial charge in [-0.1, -0.05) is 11.3 Å². The van der Waals surface area contributed by atoms with E-state index in [1.54, 1.807) is 18.3 Å². The smallest absolute Gasteiger partial charge is 0.411 e. The third-order valence-electron chi connectivity index (χ3n) is 2.29. The SMILES string of the molecule is CN(C(=O)O)c1ccc(Nc2ncc(SC#N)s2)nc1. The molecular formula is C11H9N5O2S2. The van der Waals surface area contributed by atoms with Crippen molar-refractivity contribution in [3.8, 4) is 5.40 Å². The minimum atomic E-state index is -1.05. The summed E-state index contributed by atoms with van der Waals surface area (Å²) in [5.74, 6) is 0.551. The van der Waals surface area contributed by atoms with Gasteiger partial charge in [-0.25, -0.2) is 14.8 Å². The summed E-state index contributed by atoms with van der Waals surface area (Å²) in [5.41, 5.74) is 0.475. The fourth-order valence-corrected chi connectivity index (χ4v) is 2.56. The number of aromatic nitrogens is 2. The molecule has 9 heteroatoms. The average molecular weight is 307 g/mol. The Bertz CT molecular complexity index is 650. The Morgan fingerprint density at radius 2 is 2.30 bits per heavy atom. The minimum Gasteiger partial charge on any atom is -0.465 e. The number of carboxylic acid groups (broad SMARTS) is 1. The van der Waals surface area contributed by atoms with Crippen molar-refractivity contribution < 1.29 is 9.90 Å². The van der Waals surface area contributed by atoms with Crippen LogP contribution in [0.15, 0.2) is 28.7 Å². The van der Waals surface area contributed by atoms with E-state index < -0.39 is 6.09 Å². The second-order valence-corrected chi connectivity index (χ2v) is 5.66. The maximum absolute atomic E-state index is 10.8. The van der Waals surface area contributed by atoms with Crippen molar-refractivity contribution in [2.45, 2.75) is 4.21 Å². The number of anilines is 3. The van der Waals surface area contributed by atoms with Gasteiger partial charge in [0.2, 0.25) is 0 Å². The number of nitriles is 1. The van der Waals surface area contributed by atoms with E-state index in [0.29, 0.717) is 16.6 Å². The first kappa shape index (κ1) is 14.1. The Balaban J connectivity index is 2.06. The number of thiazole rings is 1. The monoisotopic (exact) mass is 307 g/mol. The molecule has 2 rings (SSSR count). The van der Waals surface area contributed by atoms with Crippen LogP contribution >= 0.6 is 23.1 Å². The van der Waals surface area contributed by atoms with Crippen LogP contribution in [-0.4, -0.2) is 28.2 Å². The highest BCUT2D eigenvalue weighted by molar-refractivity contribution is 8.05. The number of hydrogen-bond acceptors (Lipinski definition) is 7. The first-order chi connectivity index (χ1) is 9.60. The van der Waals surface area contributed by atoms with Gasteiger partial charge in [0, 0.05) is 18.8 Å². The van der Waals surface area contributed by atoms with Gasteiger partial charge >= 0.3 is 6.09 Å². The van der Waals surface area contributed by atoms with Gasteiger partial charge in [0.15, 0.2) is 5.13 Å². The molecule has 20 heavy (non-hydrogen) atoms. The molecule has 2 N–H and O–H groups in total. The van der Waals surface area contributed by atoms with Crippen LogP contribution < -0.4 is 10.2 Å². The number of pyridine rings is 1. The summed E-state index contributed by atoms with van der Waals surface area (Å²) in [6.07, 6.45) is 2.01. The van der Waals surface area contributed by atoms with Crippen molar-refractivity contribution in [2.75, 3.05) is 17.3 Å². The van der Waals surface area contributed by atoms with Gasteiger partial charge in [-0.15, -0.1) is 0 Å². The van der Waals surface area contributed by atoms with Crippen LogP contribution in [-0.2, 0) is 0 Å². The molecule has 0 fully saturated rings. The summed E-state index contributed by atoms with van der Waals surface area (Å²) < 4.78 is 0.789. The van der Waals surface area contributed by atoms with Crippen molar-refractivity contribution in [1.29, 1.82) is 5.26 Å². The summed E-state index contributed by atoms with van der Waals surface area (Å²) in [5, 5.41) is 23.0. The molecule has 0 aliphatic rings. The number of rotatable bonds is 4. The molecule has 0 aliphatic carbocycles. The lowest BCUT2D eigenvalue weighted by Crippen LogP contribution is -2.23. The zero-order chi connectivity index (χ0) is 14.5. The van der Waals surface area contributed by atoms with Gasteiger partial charge in [0.1, 0.15) is 11.2 Å². The molecule has 0 bridgehead atoms. The van der Waals surface area contributed by atoms with Crippen LogP contribution in [0.1, 0.15) is 0 Å². The fraction of sp³-hybridized carbons (Fsp3) is 0.0909. The van der Waals surface area contributed by atoms with Crippen molar-refractivity contribution in [3.63, 3.8) is 0 Å². The maximum atomic E-state index is 10.8. The molecule has 102 valence electrons. The van der Waals surface area contributed by atoms with E-state index in [9.17, 15) is 4.79 Å². The molecule has 0 aromatic carbocycles. The van der Waals surface area contributed by atoms with Crippen LogP contribution in [0.3, 0.4) is 0 Å². The zero-order valence-corrected chi connectivity index (χ0v) is 11.9. The van der Waals surface area contributed by atoms with Crippen LogP contribution in [0, 0.1) is 10.7 Å². The molecule has 1 amide bonds. The van der Waals surface area contributed by atoms with E-state index in [0.717, 1.165) is 20.9 Å². The van der Waals surface area contributed by atoms with E-state index in [1.807, 2.05) is 5.40 Å². The zero-order valence-electron chi connectivity index (χ0n) is 10.3. The number of amides is 1. The molecule has 2 heterocycles. The van der Waals surface area contributed by atoms with Crippen molar-refractivity contribution in [2.24, 2.45) is 0 Å². The first-order valence-corrected chi connectivity index (χ1v) is 6.95. The standard InChI is InChI=1S/C11H9N5O2S2/c1-16(11(17)18)7-2-3-8(13-4-7)15-10-14-5-9(20-10)19-6-12/h2-5H,1H3,(H,17,18)(H,13,14,15). The van der Waals surface area contributed by atoms with Gasteiger partial charge in [-0.3, -0.25) is 4.90 Å². The lowest BCUT2D eigenvalue weighted by molar-refractivity contribution is 0.203. The normalized spacial score (nSPS) is 9.80. The summed E-state index contributed by atoms with van der Waals surface area (Å²) in [7, 11) is 1.44. The maximum Gasteiger partial charge on any atom is 0.411 e. The van der Waals surface area contributed by atoms with Gasteiger partial charge < -0.3 is 10.4 Å². The van der Waals surface area contributed by atoms with Gasteiger partial charge in [0.05, 0.1) is 22.3 Å². The average Bonchev–Trinajstić information content (AvgIpc) is 2.86. The molecule has 0 unspecified atom stereocenters. The number of carbonyl (C=O) groups is 1. The van der Waals surface area contributed by atoms with E-state index >= 15 is 0 Å². The second kappa shape index (κ2) is 6.23. The largest absolute Gasteiger partial charge is 0.465 e. The van der Waals surface area contributed by atoms with Crippen molar-refractivity contribution in [3.05, 3.63) is 24.5 Å². The number of thiocyanates is 1. The molecule has 0 spiro atoms. The number of hydrogen-bond donors (Lipinski definition) is 2. The highest BCUT2D eigenvalue weighted by Gasteiger charge is 2.09. The Hall–Kier alpha value is -2.31. The molecule has 0 aliphatic heterocycles. The number of nitrogens with zero attached hydrogens (tertiary/aromatic N) is 4. The highest BCUT2D eigenvalue weighted by Crippen LogP contribution is 2.29. The van der Waals surface area contributed by atoms with E-state index in [-0.39, 0.29) is 0 Å². The highest BCUT2D eigenvalue weighted by atomic mass is 32.2. The summed E-state index contributed by atoms with van der Waals surface area (Å²) >= 11 is 2.39. The predicted octanol–water partition coefficient (Wildman–Crippen LogP) is 2.97. The Morgan fingerprint density at radius 3 is 2.90 bits per heavy atom. The van der Waals surface area contributed by atoms with E-state index in [2.05, 4.69) is 15.3 Å². The van der Waals surface area contributed by atoms with Crippen LogP contribution in [0.4, 0.5) is 21.4 Å². The second-order valence-electron chi connectivity index (χ2n) is 3.55. The number of nitrogens with one attached hydrogen (secondary N) is 1. The van der Waals surface area contributed by atoms with Gasteiger partial charge in [-0.05, 0) is 12.1 Å². The topological polar surface area (TPSA) is 102 Å². The van der Waals surface area contributed by atoms with Crippen LogP contribution in [0.25, 0.3) is 0 Å². The lowest BCUT2D eigenvalue weighted by atomic mass is 10.4. The molecule has 0 atom stereocenters. The first-order valence-electron chi connectivity index (χ1n) is 5.31. The minimum absolute atomic E-state index is 0.475. The Kier molecular flexibility index (Phi) is 4.39. The Morgan fingerprint density at radius 1 is 1.50 bits per heavy atom. The molecule has 0 saturated carbocycles. The predicted molar refractivity (Wildman–Crippen MR) is 77.5 cm³/mol. The summed E-state index contributed by atoms with van der Waals surface area (Å²) in [6, 6.07) is 3.30. The van der Waals surface area contributed by atoms with Gasteiger partial charge in [-0.2, -0.15) is 5.26 Å². The third-order valence-corrected chi connectivity index (χ3v) is 3.89. The molecule has 7 nitrogen and oxygen atoms in total. The van der Waals surface area contributed by atoms with Crippen molar-refractivity contribution >= 4 is 45.8 Å². The molecule has 0 saturated heterocycles. The molecule has 2 aromatic heterocycles. The van der Waals surface area contributed by atoms with E-state index in [1.165, 1.54) is 24.6 Å². The Labute approximate surface area is 122 Å². The quantitative estimate of drug-likeness (QED) is 0.661. The molecule has 2 aromatic rings. The third kappa shape index (κ3) is 3.37. The van der Waals surface area contributed by atoms with Crippen molar-refractivity contribution in [1.82, 2.24) is 9.97 Å². The van der Waals surface area contributed by atoms with Crippen LogP contribution in [0.2, 0.25) is 0 Å². The molecule has 0 radical (unpaired) electrons. The summed E-state index contributed by atoms with van der Waals surface area (Å²) in [4.78, 5) is 20.1. The van der Waals surface area contributed by atoms with E-state index in [4.69, 9.17) is 10.4 Å². The lowest BCUT2D eigenvalue weighted by Gasteiger charge is -2.12. The number of thioether (sulfide) groups is 1. The summed E-state index contributed by atoms with van der Waals surface area (Å²) in [6.45, 7) is 0. The molecular weight excluding hydrogens is 298 g/mol.